The smallest absolute Gasteiger partial charge is 0.222 e. The lowest BCUT2D eigenvalue weighted by atomic mass is 9.68. The van der Waals surface area contributed by atoms with Crippen molar-refractivity contribution in [2.75, 3.05) is 36.8 Å². The summed E-state index contributed by atoms with van der Waals surface area (Å²) in [6, 6.07) is 14.1. The van der Waals surface area contributed by atoms with Crippen LogP contribution in [-0.2, 0) is 0 Å². The fourth-order valence-corrected chi connectivity index (χ4v) is 5.41. The van der Waals surface area contributed by atoms with Gasteiger partial charge in [-0.05, 0) is 55.9 Å². The highest BCUT2D eigenvalue weighted by Crippen LogP contribution is 2.47. The van der Waals surface area contributed by atoms with E-state index >= 15 is 0 Å². The molecule has 1 aliphatic carbocycles. The highest BCUT2D eigenvalue weighted by molar-refractivity contribution is 5.44. The lowest BCUT2D eigenvalue weighted by molar-refractivity contribution is 0.0460. The van der Waals surface area contributed by atoms with Gasteiger partial charge in [0.1, 0.15) is 5.82 Å². The average Bonchev–Trinajstić information content (AvgIpc) is 3.54. The van der Waals surface area contributed by atoms with E-state index in [2.05, 4.69) is 56.2 Å². The molecule has 5 heteroatoms. The molecule has 1 atom stereocenters. The third-order valence-electron chi connectivity index (χ3n) is 7.01. The molecule has 148 valence electrons. The molecule has 2 aliphatic heterocycles. The van der Waals surface area contributed by atoms with Crippen LogP contribution in [0.5, 0.6) is 0 Å². The van der Waals surface area contributed by atoms with Gasteiger partial charge in [0.25, 0.3) is 0 Å². The molecule has 0 amide bonds. The van der Waals surface area contributed by atoms with E-state index in [4.69, 9.17) is 5.73 Å². The third kappa shape index (κ3) is 3.60. The summed E-state index contributed by atoms with van der Waals surface area (Å²) in [5.74, 6) is 2.05. The zero-order chi connectivity index (χ0) is 19.1. The molecular weight excluding hydrogens is 346 g/mol. The Labute approximate surface area is 168 Å². The van der Waals surface area contributed by atoms with Crippen molar-refractivity contribution in [2.45, 2.75) is 51.0 Å². The van der Waals surface area contributed by atoms with Crippen molar-refractivity contribution in [2.24, 2.45) is 5.41 Å². The number of hydrogen-bond acceptors (Lipinski definition) is 5. The quantitative estimate of drug-likeness (QED) is 0.886. The monoisotopic (exact) mass is 377 g/mol. The largest absolute Gasteiger partial charge is 0.368 e. The van der Waals surface area contributed by atoms with Gasteiger partial charge in [-0.2, -0.15) is 4.98 Å². The van der Waals surface area contributed by atoms with Crippen molar-refractivity contribution in [3.05, 3.63) is 47.7 Å². The van der Waals surface area contributed by atoms with Gasteiger partial charge in [-0.1, -0.05) is 30.3 Å². The molecule has 5 nitrogen and oxygen atoms in total. The van der Waals surface area contributed by atoms with Crippen LogP contribution in [0.4, 0.5) is 11.8 Å². The summed E-state index contributed by atoms with van der Waals surface area (Å²) in [6.07, 6.45) is 6.58. The first kappa shape index (κ1) is 17.9. The molecule has 1 aromatic heterocycles. The molecule has 5 rings (SSSR count). The molecule has 3 fully saturated rings. The third-order valence-corrected chi connectivity index (χ3v) is 7.01. The Morgan fingerprint density at radius 1 is 1.07 bits per heavy atom. The molecule has 2 aromatic rings. The second kappa shape index (κ2) is 7.03. The number of anilines is 2. The van der Waals surface area contributed by atoms with E-state index in [0.29, 0.717) is 17.3 Å². The molecule has 3 aliphatic rings. The minimum absolute atomic E-state index is 0.386. The van der Waals surface area contributed by atoms with Crippen molar-refractivity contribution in [3.8, 4) is 0 Å². The van der Waals surface area contributed by atoms with E-state index in [1.54, 1.807) is 0 Å². The summed E-state index contributed by atoms with van der Waals surface area (Å²) in [5.41, 5.74) is 8.79. The van der Waals surface area contributed by atoms with Gasteiger partial charge < -0.3 is 10.6 Å². The number of nitrogen functional groups attached to an aromatic ring is 1. The van der Waals surface area contributed by atoms with E-state index in [1.165, 1.54) is 50.8 Å². The molecule has 1 unspecified atom stereocenters. The topological polar surface area (TPSA) is 58.3 Å². The van der Waals surface area contributed by atoms with Crippen LogP contribution in [0.15, 0.2) is 36.4 Å². The summed E-state index contributed by atoms with van der Waals surface area (Å²) in [5, 5.41) is 0. The van der Waals surface area contributed by atoms with Gasteiger partial charge in [0.05, 0.1) is 0 Å². The van der Waals surface area contributed by atoms with Crippen LogP contribution in [-0.4, -0.2) is 47.1 Å². The van der Waals surface area contributed by atoms with E-state index in [0.717, 1.165) is 30.6 Å². The molecule has 2 N–H and O–H groups in total. The van der Waals surface area contributed by atoms with Crippen molar-refractivity contribution >= 4 is 11.8 Å². The molecule has 0 bridgehead atoms. The zero-order valence-corrected chi connectivity index (χ0v) is 16.8. The van der Waals surface area contributed by atoms with Crippen LogP contribution in [0.2, 0.25) is 0 Å². The highest BCUT2D eigenvalue weighted by atomic mass is 15.2. The summed E-state index contributed by atoms with van der Waals surface area (Å²) in [4.78, 5) is 13.9. The Bertz CT molecular complexity index is 804. The summed E-state index contributed by atoms with van der Waals surface area (Å²) < 4.78 is 0. The van der Waals surface area contributed by atoms with Crippen molar-refractivity contribution < 1.29 is 0 Å². The summed E-state index contributed by atoms with van der Waals surface area (Å²) >= 11 is 0. The highest BCUT2D eigenvalue weighted by Gasteiger charge is 2.45. The first-order chi connectivity index (χ1) is 13.6. The van der Waals surface area contributed by atoms with Crippen LogP contribution in [0.3, 0.4) is 0 Å². The number of nitrogens with two attached hydrogens (primary N) is 1. The van der Waals surface area contributed by atoms with Crippen LogP contribution in [0, 0.1) is 12.3 Å². The van der Waals surface area contributed by atoms with Gasteiger partial charge in [-0.3, -0.25) is 4.90 Å². The molecule has 2 saturated heterocycles. The first-order valence-corrected chi connectivity index (χ1v) is 10.8. The second-order valence-corrected chi connectivity index (χ2v) is 9.19. The van der Waals surface area contributed by atoms with Gasteiger partial charge in [0.2, 0.25) is 5.95 Å². The minimum atomic E-state index is 0.386. The molecule has 28 heavy (non-hydrogen) atoms. The molecule has 3 heterocycles. The number of benzene rings is 1. The van der Waals surface area contributed by atoms with E-state index < -0.39 is 0 Å². The number of piperidine rings is 2. The number of hydrogen-bond donors (Lipinski definition) is 1. The van der Waals surface area contributed by atoms with Crippen molar-refractivity contribution in [1.29, 1.82) is 0 Å². The Kier molecular flexibility index (Phi) is 4.50. The standard InChI is InChI=1S/C23H31N5/c1-17-13-21(26-22(24)25-17)27-11-9-23(10-12-27)14-19(18-5-3-2-4-6-18)15-28(16-23)20-7-8-20/h2-6,13,19-20H,7-12,14-16H2,1H3,(H2,24,25,26). The van der Waals surface area contributed by atoms with Crippen molar-refractivity contribution in [3.63, 3.8) is 0 Å². The van der Waals surface area contributed by atoms with Crippen LogP contribution < -0.4 is 10.6 Å². The predicted octanol–water partition coefficient (Wildman–Crippen LogP) is 3.61. The summed E-state index contributed by atoms with van der Waals surface area (Å²) in [6.45, 7) is 6.64. The maximum absolute atomic E-state index is 5.89. The van der Waals surface area contributed by atoms with E-state index in [9.17, 15) is 0 Å². The Hall–Kier alpha value is -2.14. The lowest BCUT2D eigenvalue weighted by Gasteiger charge is -2.51. The minimum Gasteiger partial charge on any atom is -0.368 e. The zero-order valence-electron chi connectivity index (χ0n) is 16.8. The molecule has 1 aromatic carbocycles. The average molecular weight is 378 g/mol. The number of aromatic nitrogens is 2. The van der Waals surface area contributed by atoms with E-state index in [1.807, 2.05) is 6.92 Å². The number of rotatable bonds is 3. The normalized spacial score (nSPS) is 25.2. The van der Waals surface area contributed by atoms with Gasteiger partial charge >= 0.3 is 0 Å². The summed E-state index contributed by atoms with van der Waals surface area (Å²) in [7, 11) is 0. The van der Waals surface area contributed by atoms with Crippen LogP contribution >= 0.6 is 0 Å². The second-order valence-electron chi connectivity index (χ2n) is 9.19. The van der Waals surface area contributed by atoms with Crippen LogP contribution in [0.25, 0.3) is 0 Å². The maximum Gasteiger partial charge on any atom is 0.222 e. The van der Waals surface area contributed by atoms with Gasteiger partial charge in [-0.15, -0.1) is 0 Å². The molecule has 1 saturated carbocycles. The number of aryl methyl sites for hydroxylation is 1. The fraction of sp³-hybridized carbons (Fsp3) is 0.565. The Morgan fingerprint density at radius 2 is 1.82 bits per heavy atom. The first-order valence-electron chi connectivity index (χ1n) is 10.8. The number of likely N-dealkylation sites (tertiary alicyclic amines) is 1. The van der Waals surface area contributed by atoms with E-state index in [-0.39, 0.29) is 0 Å². The van der Waals surface area contributed by atoms with Gasteiger partial charge in [0.15, 0.2) is 0 Å². The maximum atomic E-state index is 5.89. The van der Waals surface area contributed by atoms with Crippen molar-refractivity contribution in [1.82, 2.24) is 14.9 Å². The molecule has 1 spiro atoms. The Morgan fingerprint density at radius 3 is 2.50 bits per heavy atom. The lowest BCUT2D eigenvalue weighted by Crippen LogP contribution is -2.52. The molecular formula is C23H31N5. The van der Waals surface area contributed by atoms with Gasteiger partial charge in [-0.25, -0.2) is 4.98 Å². The van der Waals surface area contributed by atoms with Gasteiger partial charge in [0, 0.05) is 44.0 Å². The number of nitrogens with zero attached hydrogens (tertiary/aromatic N) is 4. The fourth-order valence-electron chi connectivity index (χ4n) is 5.41. The SMILES string of the molecule is Cc1cc(N2CCC3(CC2)CC(c2ccccc2)CN(C2CC2)C3)nc(N)n1. The van der Waals surface area contributed by atoms with Crippen LogP contribution in [0.1, 0.15) is 49.3 Å². The molecule has 0 radical (unpaired) electrons. The Balaban J connectivity index is 1.34. The predicted molar refractivity (Wildman–Crippen MR) is 113 cm³/mol.